The minimum absolute atomic E-state index is 0.533. The lowest BCUT2D eigenvalue weighted by molar-refractivity contribution is 0.176. The van der Waals surface area contributed by atoms with E-state index in [4.69, 9.17) is 4.74 Å². The second-order valence-electron chi connectivity index (χ2n) is 4.98. The molecule has 2 rings (SSSR count). The number of ether oxygens (including phenoxy) is 1. The summed E-state index contributed by atoms with van der Waals surface area (Å²) < 4.78 is 6.75. The van der Waals surface area contributed by atoms with Crippen molar-refractivity contribution >= 4 is 15.9 Å². The topological polar surface area (TPSA) is 21.3 Å². The molecular formula is C15H22BrNO. The first kappa shape index (κ1) is 14.0. The molecule has 0 spiro atoms. The summed E-state index contributed by atoms with van der Waals surface area (Å²) in [7, 11) is 0. The van der Waals surface area contributed by atoms with Crippen molar-refractivity contribution in [1.29, 1.82) is 0 Å². The molecular weight excluding hydrogens is 290 g/mol. The van der Waals surface area contributed by atoms with Gasteiger partial charge in [-0.05, 0) is 37.4 Å². The Morgan fingerprint density at radius 3 is 2.94 bits per heavy atom. The van der Waals surface area contributed by atoms with E-state index in [1.165, 1.54) is 22.9 Å². The Hall–Kier alpha value is -0.380. The second kappa shape index (κ2) is 7.27. The van der Waals surface area contributed by atoms with Crippen LogP contribution < -0.4 is 5.32 Å². The maximum atomic E-state index is 5.53. The molecule has 1 saturated heterocycles. The fraction of sp³-hybridized carbons (Fsp3) is 0.600. The number of hydrogen-bond donors (Lipinski definition) is 1. The molecule has 1 N–H and O–H groups in total. The van der Waals surface area contributed by atoms with E-state index < -0.39 is 0 Å². The normalized spacial score (nSPS) is 21.1. The maximum Gasteiger partial charge on any atom is 0.0510 e. The molecule has 0 radical (unpaired) electrons. The van der Waals surface area contributed by atoms with Gasteiger partial charge < -0.3 is 10.1 Å². The van der Waals surface area contributed by atoms with Crippen LogP contribution in [-0.4, -0.2) is 25.8 Å². The predicted octanol–water partition coefficient (Wildman–Crippen LogP) is 3.40. The molecule has 1 fully saturated rings. The molecule has 1 aliphatic rings. The zero-order valence-electron chi connectivity index (χ0n) is 11.0. The van der Waals surface area contributed by atoms with Gasteiger partial charge in [-0.2, -0.15) is 0 Å². The Bertz CT molecular complexity index is 363. The summed E-state index contributed by atoms with van der Waals surface area (Å²) in [6.45, 7) is 5.13. The van der Waals surface area contributed by atoms with E-state index in [0.29, 0.717) is 12.0 Å². The summed E-state index contributed by atoms with van der Waals surface area (Å²) in [5.41, 5.74) is 1.39. The molecule has 2 nitrogen and oxygen atoms in total. The van der Waals surface area contributed by atoms with Gasteiger partial charge >= 0.3 is 0 Å². The summed E-state index contributed by atoms with van der Waals surface area (Å²) in [5.74, 6) is 0.656. The Balaban J connectivity index is 2.02. The minimum atomic E-state index is 0.533. The molecule has 0 amide bonds. The van der Waals surface area contributed by atoms with Crippen LogP contribution in [-0.2, 0) is 11.2 Å². The van der Waals surface area contributed by atoms with Crippen molar-refractivity contribution in [2.24, 2.45) is 5.92 Å². The van der Waals surface area contributed by atoms with Gasteiger partial charge in [-0.15, -0.1) is 0 Å². The van der Waals surface area contributed by atoms with E-state index in [1.807, 2.05) is 0 Å². The highest BCUT2D eigenvalue weighted by Gasteiger charge is 2.25. The van der Waals surface area contributed by atoms with Crippen LogP contribution in [0.4, 0.5) is 0 Å². The van der Waals surface area contributed by atoms with Crippen LogP contribution in [0.1, 0.15) is 25.3 Å². The molecule has 0 saturated carbocycles. The molecule has 1 aliphatic heterocycles. The molecule has 0 aromatic heterocycles. The van der Waals surface area contributed by atoms with Crippen molar-refractivity contribution in [3.8, 4) is 0 Å². The van der Waals surface area contributed by atoms with Gasteiger partial charge in [0, 0.05) is 23.0 Å². The van der Waals surface area contributed by atoms with E-state index in [1.54, 1.807) is 0 Å². The lowest BCUT2D eigenvalue weighted by Gasteiger charge is -2.24. The predicted molar refractivity (Wildman–Crippen MR) is 78.9 cm³/mol. The second-order valence-corrected chi connectivity index (χ2v) is 5.83. The zero-order chi connectivity index (χ0) is 12.8. The quantitative estimate of drug-likeness (QED) is 0.869. The largest absolute Gasteiger partial charge is 0.381 e. The first-order chi connectivity index (χ1) is 8.81. The first-order valence-corrected chi connectivity index (χ1v) is 7.65. The fourth-order valence-electron chi connectivity index (χ4n) is 2.51. The van der Waals surface area contributed by atoms with Crippen molar-refractivity contribution in [3.63, 3.8) is 0 Å². The standard InChI is InChI=1S/C15H22BrNO/c1-2-8-17-15(13-7-9-18-11-13)10-12-5-3-4-6-14(12)16/h3-6,13,15,17H,2,7-11H2,1H3. The Kier molecular flexibility index (Phi) is 5.67. The summed E-state index contributed by atoms with van der Waals surface area (Å²) in [6.07, 6.45) is 3.45. The van der Waals surface area contributed by atoms with Gasteiger partial charge in [-0.3, -0.25) is 0 Å². The third-order valence-corrected chi connectivity index (χ3v) is 4.36. The lowest BCUT2D eigenvalue weighted by atomic mass is 9.93. The lowest BCUT2D eigenvalue weighted by Crippen LogP contribution is -2.39. The van der Waals surface area contributed by atoms with Crippen LogP contribution in [0, 0.1) is 5.92 Å². The Morgan fingerprint density at radius 1 is 1.44 bits per heavy atom. The third-order valence-electron chi connectivity index (χ3n) is 3.59. The van der Waals surface area contributed by atoms with E-state index in [2.05, 4.69) is 52.4 Å². The van der Waals surface area contributed by atoms with Crippen molar-refractivity contribution < 1.29 is 4.74 Å². The SMILES string of the molecule is CCCNC(Cc1ccccc1Br)C1CCOC1. The Morgan fingerprint density at radius 2 is 2.28 bits per heavy atom. The molecule has 1 aromatic carbocycles. The van der Waals surface area contributed by atoms with Crippen LogP contribution >= 0.6 is 15.9 Å². The number of rotatable bonds is 6. The Labute approximate surface area is 118 Å². The average Bonchev–Trinajstić information content (AvgIpc) is 2.90. The number of benzene rings is 1. The highest BCUT2D eigenvalue weighted by molar-refractivity contribution is 9.10. The van der Waals surface area contributed by atoms with Crippen molar-refractivity contribution in [3.05, 3.63) is 34.3 Å². The smallest absolute Gasteiger partial charge is 0.0510 e. The summed E-state index contributed by atoms with van der Waals surface area (Å²) in [6, 6.07) is 9.05. The fourth-order valence-corrected chi connectivity index (χ4v) is 2.95. The van der Waals surface area contributed by atoms with Gasteiger partial charge in [-0.1, -0.05) is 41.1 Å². The molecule has 2 unspecified atom stereocenters. The van der Waals surface area contributed by atoms with Crippen LogP contribution in [0.5, 0.6) is 0 Å². The number of halogens is 1. The van der Waals surface area contributed by atoms with Gasteiger partial charge in [0.05, 0.1) is 6.61 Å². The van der Waals surface area contributed by atoms with Gasteiger partial charge in [0.15, 0.2) is 0 Å². The van der Waals surface area contributed by atoms with E-state index in [-0.39, 0.29) is 0 Å². The van der Waals surface area contributed by atoms with Crippen LogP contribution in [0.3, 0.4) is 0 Å². The molecule has 0 aliphatic carbocycles. The molecule has 3 heteroatoms. The van der Waals surface area contributed by atoms with E-state index >= 15 is 0 Å². The van der Waals surface area contributed by atoms with Gasteiger partial charge in [0.2, 0.25) is 0 Å². The summed E-state index contributed by atoms with van der Waals surface area (Å²) in [4.78, 5) is 0. The molecule has 1 aromatic rings. The van der Waals surface area contributed by atoms with Gasteiger partial charge in [0.1, 0.15) is 0 Å². The van der Waals surface area contributed by atoms with Gasteiger partial charge in [-0.25, -0.2) is 0 Å². The molecule has 100 valence electrons. The highest BCUT2D eigenvalue weighted by Crippen LogP contribution is 2.23. The monoisotopic (exact) mass is 311 g/mol. The van der Waals surface area contributed by atoms with Gasteiger partial charge in [0.25, 0.3) is 0 Å². The van der Waals surface area contributed by atoms with E-state index in [9.17, 15) is 0 Å². The van der Waals surface area contributed by atoms with E-state index in [0.717, 1.165) is 26.2 Å². The van der Waals surface area contributed by atoms with Crippen molar-refractivity contribution in [1.82, 2.24) is 5.32 Å². The van der Waals surface area contributed by atoms with Crippen molar-refractivity contribution in [2.45, 2.75) is 32.2 Å². The summed E-state index contributed by atoms with van der Waals surface area (Å²) >= 11 is 3.64. The van der Waals surface area contributed by atoms with Crippen LogP contribution in [0.2, 0.25) is 0 Å². The maximum absolute atomic E-state index is 5.53. The molecule has 2 atom stereocenters. The minimum Gasteiger partial charge on any atom is -0.381 e. The first-order valence-electron chi connectivity index (χ1n) is 6.85. The number of hydrogen-bond acceptors (Lipinski definition) is 2. The zero-order valence-corrected chi connectivity index (χ0v) is 12.6. The highest BCUT2D eigenvalue weighted by atomic mass is 79.9. The molecule has 1 heterocycles. The molecule has 0 bridgehead atoms. The summed E-state index contributed by atoms with van der Waals surface area (Å²) in [5, 5.41) is 3.69. The van der Waals surface area contributed by atoms with Crippen LogP contribution in [0.25, 0.3) is 0 Å². The van der Waals surface area contributed by atoms with Crippen LogP contribution in [0.15, 0.2) is 28.7 Å². The third kappa shape index (κ3) is 3.81. The average molecular weight is 312 g/mol. The molecule has 18 heavy (non-hydrogen) atoms. The number of nitrogens with one attached hydrogen (secondary N) is 1. The van der Waals surface area contributed by atoms with Crippen molar-refractivity contribution in [2.75, 3.05) is 19.8 Å².